The molecule has 0 fully saturated rings. The van der Waals surface area contributed by atoms with Crippen molar-refractivity contribution in [2.24, 2.45) is 0 Å². The molecule has 3 aromatic rings. The van der Waals surface area contributed by atoms with E-state index in [9.17, 15) is 14.4 Å². The molecule has 7 heteroatoms. The second-order valence-electron chi connectivity index (χ2n) is 8.16. The van der Waals surface area contributed by atoms with Crippen LogP contribution < -0.4 is 5.32 Å². The average Bonchev–Trinajstić information content (AvgIpc) is 3.08. The summed E-state index contributed by atoms with van der Waals surface area (Å²) in [5, 5.41) is 4.47. The molecule has 0 amide bonds. The lowest BCUT2D eigenvalue weighted by Crippen LogP contribution is -2.27. The summed E-state index contributed by atoms with van der Waals surface area (Å²) in [6.07, 6.45) is 0. The van der Waals surface area contributed by atoms with Gasteiger partial charge in [0.15, 0.2) is 0 Å². The van der Waals surface area contributed by atoms with Gasteiger partial charge in [0.05, 0.1) is 18.7 Å². The summed E-state index contributed by atoms with van der Waals surface area (Å²) in [4.78, 5) is 39.6. The van der Waals surface area contributed by atoms with Crippen molar-refractivity contribution in [3.05, 3.63) is 58.3 Å². The Morgan fingerprint density at radius 2 is 1.81 bits per heavy atom. The van der Waals surface area contributed by atoms with Gasteiger partial charge in [0.25, 0.3) is 0 Å². The van der Waals surface area contributed by atoms with Crippen molar-refractivity contribution in [2.45, 2.75) is 20.4 Å². The SMILES string of the molecule is CNCC(=O)OCCN(C)Cc1oc2c(c1C)C(=O)C(=O)c1c-2ccc2c(C)cccc12. The number of ether oxygens (including phenoxy) is 1. The average molecular weight is 434 g/mol. The Balaban J connectivity index is 1.65. The van der Waals surface area contributed by atoms with E-state index in [1.807, 2.05) is 49.2 Å². The van der Waals surface area contributed by atoms with Gasteiger partial charge in [-0.15, -0.1) is 0 Å². The number of aryl methyl sites for hydroxylation is 1. The molecule has 166 valence electrons. The molecule has 2 aromatic carbocycles. The number of nitrogens with one attached hydrogen (secondary N) is 1. The number of benzene rings is 2. The highest BCUT2D eigenvalue weighted by Crippen LogP contribution is 2.41. The molecule has 0 unspecified atom stereocenters. The number of rotatable bonds is 7. The van der Waals surface area contributed by atoms with Crippen LogP contribution in [0, 0.1) is 13.8 Å². The molecule has 0 saturated carbocycles. The van der Waals surface area contributed by atoms with Crippen molar-refractivity contribution in [3.63, 3.8) is 0 Å². The zero-order valence-corrected chi connectivity index (χ0v) is 18.7. The Labute approximate surface area is 186 Å². The minimum Gasteiger partial charge on any atom is -0.463 e. The first-order chi connectivity index (χ1) is 15.3. The molecule has 1 N–H and O–H groups in total. The van der Waals surface area contributed by atoms with Gasteiger partial charge in [-0.25, -0.2) is 0 Å². The molecular formula is C25H26N2O5. The molecule has 0 atom stereocenters. The highest BCUT2D eigenvalue weighted by Gasteiger charge is 2.37. The summed E-state index contributed by atoms with van der Waals surface area (Å²) in [6, 6.07) is 9.58. The third-order valence-corrected chi connectivity index (χ3v) is 5.90. The van der Waals surface area contributed by atoms with Crippen molar-refractivity contribution in [3.8, 4) is 11.3 Å². The normalized spacial score (nSPS) is 12.9. The molecule has 1 heterocycles. The van der Waals surface area contributed by atoms with Crippen molar-refractivity contribution < 1.29 is 23.5 Å². The van der Waals surface area contributed by atoms with E-state index in [1.165, 1.54) is 0 Å². The molecule has 1 aromatic heterocycles. The van der Waals surface area contributed by atoms with Crippen LogP contribution in [0.4, 0.5) is 0 Å². The Bertz CT molecular complexity index is 1240. The highest BCUT2D eigenvalue weighted by molar-refractivity contribution is 6.54. The maximum Gasteiger partial charge on any atom is 0.319 e. The molecule has 0 radical (unpaired) electrons. The standard InChI is InChI=1S/C25H26N2O5/c1-14-6-5-7-17-16(14)8-9-18-22(17)24(30)23(29)21-15(2)19(32-25(18)21)13-27(4)10-11-31-20(28)12-26-3/h5-9,26H,10-13H2,1-4H3. The summed E-state index contributed by atoms with van der Waals surface area (Å²) in [5.74, 6) is -0.262. The lowest BCUT2D eigenvalue weighted by atomic mass is 9.83. The van der Waals surface area contributed by atoms with E-state index in [0.717, 1.165) is 16.3 Å². The predicted molar refractivity (Wildman–Crippen MR) is 121 cm³/mol. The number of hydrogen-bond acceptors (Lipinski definition) is 7. The van der Waals surface area contributed by atoms with E-state index < -0.39 is 11.6 Å². The fourth-order valence-electron chi connectivity index (χ4n) is 4.19. The quantitative estimate of drug-likeness (QED) is 0.451. The second-order valence-corrected chi connectivity index (χ2v) is 8.16. The van der Waals surface area contributed by atoms with Gasteiger partial charge >= 0.3 is 5.97 Å². The smallest absolute Gasteiger partial charge is 0.319 e. The number of esters is 1. The van der Waals surface area contributed by atoms with Crippen molar-refractivity contribution in [1.82, 2.24) is 10.2 Å². The van der Waals surface area contributed by atoms with Crippen LogP contribution in [0.5, 0.6) is 0 Å². The monoisotopic (exact) mass is 434 g/mol. The molecule has 0 saturated heterocycles. The number of carbonyl (C=O) groups is 3. The summed E-state index contributed by atoms with van der Waals surface area (Å²) in [7, 11) is 3.56. The first-order valence-corrected chi connectivity index (χ1v) is 10.6. The van der Waals surface area contributed by atoms with Gasteiger partial charge in [-0.05, 0) is 50.3 Å². The van der Waals surface area contributed by atoms with Crippen LogP contribution in [-0.4, -0.2) is 56.2 Å². The van der Waals surface area contributed by atoms with Crippen LogP contribution in [0.2, 0.25) is 0 Å². The first kappa shape index (κ1) is 21.9. The van der Waals surface area contributed by atoms with E-state index >= 15 is 0 Å². The maximum atomic E-state index is 13.1. The van der Waals surface area contributed by atoms with Crippen LogP contribution in [0.15, 0.2) is 34.7 Å². The third-order valence-electron chi connectivity index (χ3n) is 5.90. The summed E-state index contributed by atoms with van der Waals surface area (Å²) >= 11 is 0. The lowest BCUT2D eigenvalue weighted by molar-refractivity contribution is -0.142. The minimum atomic E-state index is -0.530. The molecular weight excluding hydrogens is 408 g/mol. The van der Waals surface area contributed by atoms with Gasteiger partial charge in [-0.1, -0.05) is 24.3 Å². The third kappa shape index (κ3) is 3.74. The Morgan fingerprint density at radius 3 is 2.56 bits per heavy atom. The number of Topliss-reactive ketones (excluding diaryl/α,β-unsaturated/α-hetero) is 2. The molecule has 4 rings (SSSR count). The van der Waals surface area contributed by atoms with Crippen LogP contribution in [0.25, 0.3) is 22.1 Å². The van der Waals surface area contributed by atoms with E-state index in [0.29, 0.717) is 46.9 Å². The van der Waals surface area contributed by atoms with Crippen LogP contribution in [0.1, 0.15) is 37.6 Å². The van der Waals surface area contributed by atoms with Crippen molar-refractivity contribution in [1.29, 1.82) is 0 Å². The van der Waals surface area contributed by atoms with Crippen molar-refractivity contribution >= 4 is 28.3 Å². The molecule has 7 nitrogen and oxygen atoms in total. The zero-order chi connectivity index (χ0) is 23.0. The number of fused-ring (bicyclic) bond motifs is 5. The number of ketones is 2. The van der Waals surface area contributed by atoms with E-state index in [2.05, 4.69) is 5.32 Å². The largest absolute Gasteiger partial charge is 0.463 e. The first-order valence-electron chi connectivity index (χ1n) is 10.6. The van der Waals surface area contributed by atoms with Gasteiger partial charge < -0.3 is 14.5 Å². The lowest BCUT2D eigenvalue weighted by Gasteiger charge is -2.16. The van der Waals surface area contributed by atoms with Gasteiger partial charge in [-0.2, -0.15) is 0 Å². The number of carbonyl (C=O) groups excluding carboxylic acids is 3. The number of furan rings is 1. The van der Waals surface area contributed by atoms with Gasteiger partial charge in [0.1, 0.15) is 18.1 Å². The number of nitrogens with zero attached hydrogens (tertiary/aromatic N) is 1. The van der Waals surface area contributed by atoms with E-state index in [-0.39, 0.29) is 19.1 Å². The second kappa shape index (κ2) is 8.68. The highest BCUT2D eigenvalue weighted by atomic mass is 16.5. The van der Waals surface area contributed by atoms with Gasteiger partial charge in [0, 0.05) is 23.2 Å². The summed E-state index contributed by atoms with van der Waals surface area (Å²) in [5.41, 5.74) is 3.13. The van der Waals surface area contributed by atoms with E-state index in [1.54, 1.807) is 14.0 Å². The fraction of sp³-hybridized carbons (Fsp3) is 0.320. The van der Waals surface area contributed by atoms with Crippen LogP contribution in [0.3, 0.4) is 0 Å². The van der Waals surface area contributed by atoms with E-state index in [4.69, 9.17) is 9.15 Å². The summed E-state index contributed by atoms with van der Waals surface area (Å²) < 4.78 is 11.3. The zero-order valence-electron chi connectivity index (χ0n) is 18.7. The minimum absolute atomic E-state index is 0.164. The van der Waals surface area contributed by atoms with Crippen LogP contribution in [-0.2, 0) is 16.1 Å². The Hall–Kier alpha value is -3.29. The predicted octanol–water partition coefficient (Wildman–Crippen LogP) is 3.29. The Kier molecular flexibility index (Phi) is 5.95. The maximum absolute atomic E-state index is 13.1. The molecule has 1 aliphatic carbocycles. The summed E-state index contributed by atoms with van der Waals surface area (Å²) in [6.45, 7) is 5.13. The Morgan fingerprint density at radius 1 is 1.06 bits per heavy atom. The van der Waals surface area contributed by atoms with Crippen molar-refractivity contribution in [2.75, 3.05) is 33.8 Å². The molecule has 1 aliphatic rings. The molecule has 0 spiro atoms. The molecule has 32 heavy (non-hydrogen) atoms. The topological polar surface area (TPSA) is 88.8 Å². The number of likely N-dealkylation sites (N-methyl/N-ethyl adjacent to an activating group) is 2. The molecule has 0 aliphatic heterocycles. The number of hydrogen-bond donors (Lipinski definition) is 1. The molecule has 0 bridgehead atoms. The van der Waals surface area contributed by atoms with Gasteiger partial charge in [-0.3, -0.25) is 19.3 Å². The fourth-order valence-corrected chi connectivity index (χ4v) is 4.19. The van der Waals surface area contributed by atoms with Crippen LogP contribution >= 0.6 is 0 Å². The van der Waals surface area contributed by atoms with Gasteiger partial charge in [0.2, 0.25) is 11.6 Å².